The molecule has 0 radical (unpaired) electrons. The van der Waals surface area contributed by atoms with Crippen molar-refractivity contribution in [1.82, 2.24) is 9.55 Å². The molecule has 1 atom stereocenters. The smallest absolute Gasteiger partial charge is 0.262 e. The number of nitrogens with zero attached hydrogens (tertiary/aromatic N) is 2. The van der Waals surface area contributed by atoms with Crippen molar-refractivity contribution in [3.63, 3.8) is 0 Å². The summed E-state index contributed by atoms with van der Waals surface area (Å²) in [6.45, 7) is 2.08. The lowest BCUT2D eigenvalue weighted by atomic mass is 10.0. The fourth-order valence-corrected chi connectivity index (χ4v) is 4.65. The number of hydrogen-bond acceptors (Lipinski definition) is 4. The number of aromatic nitrogens is 2. The summed E-state index contributed by atoms with van der Waals surface area (Å²) in [5, 5.41) is 1.20. The first-order valence-electron chi connectivity index (χ1n) is 10.4. The number of carbonyl (C=O) groups is 1. The van der Waals surface area contributed by atoms with Crippen LogP contribution in [0.25, 0.3) is 10.9 Å². The predicted octanol–water partition coefficient (Wildman–Crippen LogP) is 5.57. The number of ketones is 1. The van der Waals surface area contributed by atoms with Gasteiger partial charge in [-0.25, -0.2) is 4.98 Å². The van der Waals surface area contributed by atoms with Crippen molar-refractivity contribution in [2.45, 2.75) is 31.0 Å². The Labute approximate surface area is 186 Å². The van der Waals surface area contributed by atoms with Crippen molar-refractivity contribution in [3.05, 3.63) is 106 Å². The van der Waals surface area contributed by atoms with Gasteiger partial charge in [-0.15, -0.1) is 0 Å². The van der Waals surface area contributed by atoms with Crippen molar-refractivity contribution in [2.75, 3.05) is 5.75 Å². The van der Waals surface area contributed by atoms with Crippen molar-refractivity contribution < 1.29 is 4.79 Å². The topological polar surface area (TPSA) is 52.0 Å². The number of hydrogen-bond donors (Lipinski definition) is 0. The normalized spacial score (nSPS) is 12.0. The first-order chi connectivity index (χ1) is 15.2. The lowest BCUT2D eigenvalue weighted by molar-refractivity contribution is 0.102. The van der Waals surface area contributed by atoms with Crippen LogP contribution in [0.5, 0.6) is 0 Å². The molecule has 1 unspecified atom stereocenters. The third-order valence-corrected chi connectivity index (χ3v) is 6.31. The van der Waals surface area contributed by atoms with E-state index >= 15 is 0 Å². The third kappa shape index (κ3) is 4.78. The summed E-state index contributed by atoms with van der Waals surface area (Å²) in [4.78, 5) is 30.9. The summed E-state index contributed by atoms with van der Waals surface area (Å²) in [6.07, 6.45) is 1.52. The molecule has 0 saturated heterocycles. The molecule has 3 aromatic carbocycles. The van der Waals surface area contributed by atoms with Gasteiger partial charge in [-0.2, -0.15) is 0 Å². The highest BCUT2D eigenvalue weighted by Gasteiger charge is 2.20. The number of para-hydroxylation sites is 1. The molecule has 31 heavy (non-hydrogen) atoms. The molecule has 5 heteroatoms. The Morgan fingerprint density at radius 2 is 1.58 bits per heavy atom. The molecule has 0 fully saturated rings. The summed E-state index contributed by atoms with van der Waals surface area (Å²) >= 11 is 1.34. The van der Waals surface area contributed by atoms with Crippen molar-refractivity contribution >= 4 is 28.4 Å². The van der Waals surface area contributed by atoms with Gasteiger partial charge in [0.25, 0.3) is 5.56 Å². The minimum absolute atomic E-state index is 0.0238. The molecule has 4 nitrogen and oxygen atoms in total. The van der Waals surface area contributed by atoms with Crippen LogP contribution in [-0.4, -0.2) is 21.1 Å². The molecule has 0 saturated carbocycles. The van der Waals surface area contributed by atoms with Gasteiger partial charge >= 0.3 is 0 Å². The highest BCUT2D eigenvalue weighted by molar-refractivity contribution is 7.99. The molecule has 0 aliphatic heterocycles. The van der Waals surface area contributed by atoms with Gasteiger partial charge in [-0.05, 0) is 30.5 Å². The van der Waals surface area contributed by atoms with Gasteiger partial charge in [0.05, 0.1) is 16.7 Å². The maximum Gasteiger partial charge on any atom is 0.262 e. The van der Waals surface area contributed by atoms with Gasteiger partial charge < -0.3 is 0 Å². The summed E-state index contributed by atoms with van der Waals surface area (Å²) in [5.41, 5.74) is 2.45. The van der Waals surface area contributed by atoms with Crippen LogP contribution in [0.15, 0.2) is 94.9 Å². The zero-order valence-corrected chi connectivity index (χ0v) is 18.2. The Morgan fingerprint density at radius 3 is 2.29 bits per heavy atom. The quantitative estimate of drug-likeness (QED) is 0.209. The summed E-state index contributed by atoms with van der Waals surface area (Å²) in [7, 11) is 0. The van der Waals surface area contributed by atoms with Crippen LogP contribution in [0, 0.1) is 0 Å². The van der Waals surface area contributed by atoms with Gasteiger partial charge in [-0.1, -0.05) is 91.5 Å². The molecule has 4 rings (SSSR count). The Morgan fingerprint density at radius 1 is 0.935 bits per heavy atom. The third-order valence-electron chi connectivity index (χ3n) is 5.35. The maximum atomic E-state index is 13.5. The highest BCUT2D eigenvalue weighted by Crippen LogP contribution is 2.25. The van der Waals surface area contributed by atoms with E-state index in [1.54, 1.807) is 4.57 Å². The predicted molar refractivity (Wildman–Crippen MR) is 127 cm³/mol. The highest BCUT2D eigenvalue weighted by atomic mass is 32.2. The number of Topliss-reactive ketones (excluding diaryl/α,β-unsaturated/α-hetero) is 1. The molecule has 0 bridgehead atoms. The lowest BCUT2D eigenvalue weighted by Crippen LogP contribution is -2.29. The van der Waals surface area contributed by atoms with Gasteiger partial charge in [0.15, 0.2) is 10.9 Å². The molecule has 156 valence electrons. The van der Waals surface area contributed by atoms with Crippen molar-refractivity contribution in [3.8, 4) is 0 Å². The van der Waals surface area contributed by atoms with E-state index in [-0.39, 0.29) is 23.1 Å². The van der Waals surface area contributed by atoms with Crippen LogP contribution >= 0.6 is 11.8 Å². The van der Waals surface area contributed by atoms with Crippen molar-refractivity contribution in [1.29, 1.82) is 0 Å². The van der Waals surface area contributed by atoms with E-state index in [4.69, 9.17) is 4.98 Å². The van der Waals surface area contributed by atoms with Gasteiger partial charge in [0, 0.05) is 11.6 Å². The average molecular weight is 429 g/mol. The van der Waals surface area contributed by atoms with Crippen molar-refractivity contribution in [2.24, 2.45) is 0 Å². The average Bonchev–Trinajstić information content (AvgIpc) is 2.83. The zero-order chi connectivity index (χ0) is 21.6. The molecule has 0 aliphatic rings. The Kier molecular flexibility index (Phi) is 6.63. The zero-order valence-electron chi connectivity index (χ0n) is 17.4. The van der Waals surface area contributed by atoms with Crippen LogP contribution in [0.2, 0.25) is 0 Å². The minimum atomic E-state index is -0.0527. The molecule has 4 aromatic rings. The van der Waals surface area contributed by atoms with E-state index in [1.165, 1.54) is 17.3 Å². The number of thioether (sulfide) groups is 1. The maximum absolute atomic E-state index is 13.5. The lowest BCUT2D eigenvalue weighted by Gasteiger charge is -2.22. The standard InChI is InChI=1S/C26H24N2O2S/c1-2-21(17-19-11-5-3-6-12-19)28-25(30)22-15-9-10-16-23(22)27-26(28)31-18-24(29)20-13-7-4-8-14-20/h3-16,21H,2,17-18H2,1H3. The van der Waals surface area contributed by atoms with Gasteiger partial charge in [-0.3, -0.25) is 14.2 Å². The van der Waals surface area contributed by atoms with E-state index in [0.29, 0.717) is 21.6 Å². The van der Waals surface area contributed by atoms with Crippen LogP contribution in [-0.2, 0) is 6.42 Å². The molecule has 0 amide bonds. The molecule has 1 heterocycles. The first-order valence-corrected chi connectivity index (χ1v) is 11.4. The number of benzene rings is 3. The van der Waals surface area contributed by atoms with Crippen LogP contribution in [0.3, 0.4) is 0 Å². The van der Waals surface area contributed by atoms with Gasteiger partial charge in [0.1, 0.15) is 0 Å². The summed E-state index contributed by atoms with van der Waals surface area (Å²) in [6, 6.07) is 26.8. The molecular weight excluding hydrogens is 404 g/mol. The number of fused-ring (bicyclic) bond motifs is 1. The second kappa shape index (κ2) is 9.75. The van der Waals surface area contributed by atoms with E-state index < -0.39 is 0 Å². The van der Waals surface area contributed by atoms with Crippen LogP contribution in [0.4, 0.5) is 0 Å². The molecule has 0 spiro atoms. The van der Waals surface area contributed by atoms with E-state index in [0.717, 1.165) is 12.8 Å². The SMILES string of the molecule is CCC(Cc1ccccc1)n1c(SCC(=O)c2ccccc2)nc2ccccc2c1=O. The van der Waals surface area contributed by atoms with Gasteiger partial charge in [0.2, 0.25) is 0 Å². The Bertz CT molecular complexity index is 1240. The molecule has 0 N–H and O–H groups in total. The largest absolute Gasteiger partial charge is 0.293 e. The van der Waals surface area contributed by atoms with Crippen LogP contribution in [0.1, 0.15) is 35.3 Å². The van der Waals surface area contributed by atoms with E-state index in [1.807, 2.05) is 72.8 Å². The Balaban J connectivity index is 1.72. The fourth-order valence-electron chi connectivity index (χ4n) is 3.69. The summed E-state index contributed by atoms with van der Waals surface area (Å²) < 4.78 is 1.79. The fraction of sp³-hybridized carbons (Fsp3) is 0.192. The molecule has 0 aliphatic carbocycles. The van der Waals surface area contributed by atoms with Crippen LogP contribution < -0.4 is 5.56 Å². The monoisotopic (exact) mass is 428 g/mol. The number of carbonyl (C=O) groups excluding carboxylic acids is 1. The minimum Gasteiger partial charge on any atom is -0.293 e. The molecule has 1 aromatic heterocycles. The Hall–Kier alpha value is -3.18. The second-order valence-electron chi connectivity index (χ2n) is 7.42. The second-order valence-corrected chi connectivity index (χ2v) is 8.36. The first kappa shape index (κ1) is 21.1. The molecular formula is C26H24N2O2S. The van der Waals surface area contributed by atoms with E-state index in [9.17, 15) is 9.59 Å². The number of rotatable bonds is 8. The summed E-state index contributed by atoms with van der Waals surface area (Å²) in [5.74, 6) is 0.256. The van der Waals surface area contributed by atoms with E-state index in [2.05, 4.69) is 19.1 Å².